The Morgan fingerprint density at radius 1 is 1.57 bits per heavy atom. The molecule has 4 nitrogen and oxygen atoms in total. The van der Waals surface area contributed by atoms with Gasteiger partial charge in [-0.1, -0.05) is 13.8 Å². The van der Waals surface area contributed by atoms with Crippen LogP contribution in [-0.4, -0.2) is 17.6 Å². The van der Waals surface area contributed by atoms with Gasteiger partial charge in [-0.05, 0) is 12.8 Å². The Morgan fingerprint density at radius 2 is 2.21 bits per heavy atom. The van der Waals surface area contributed by atoms with E-state index < -0.39 is 5.97 Å². The Hall–Kier alpha value is -1.32. The lowest BCUT2D eigenvalue weighted by molar-refractivity contribution is 0.0486. The van der Waals surface area contributed by atoms with E-state index in [0.717, 1.165) is 0 Å². The second-order valence-electron chi connectivity index (χ2n) is 3.32. The van der Waals surface area contributed by atoms with Crippen LogP contribution < -0.4 is 0 Å². The molecular formula is C10H15NO3. The minimum atomic E-state index is -0.434. The van der Waals surface area contributed by atoms with Crippen molar-refractivity contribution in [1.29, 1.82) is 0 Å². The molecule has 0 aliphatic rings. The minimum Gasteiger partial charge on any atom is -0.460 e. The van der Waals surface area contributed by atoms with Crippen LogP contribution in [0, 0.1) is 6.92 Å². The lowest BCUT2D eigenvalue weighted by Crippen LogP contribution is -2.07. The summed E-state index contributed by atoms with van der Waals surface area (Å²) in [6, 6.07) is 0. The molecule has 14 heavy (non-hydrogen) atoms. The molecule has 0 bridgehead atoms. The first-order valence-electron chi connectivity index (χ1n) is 4.70. The SMILES string of the molecule is CCOC(=O)c1oc(C)nc1C(C)C. The molecule has 0 amide bonds. The highest BCUT2D eigenvalue weighted by Gasteiger charge is 2.21. The van der Waals surface area contributed by atoms with Crippen LogP contribution in [0.4, 0.5) is 0 Å². The number of aryl methyl sites for hydroxylation is 1. The largest absolute Gasteiger partial charge is 0.460 e. The predicted molar refractivity (Wildman–Crippen MR) is 51.3 cm³/mol. The van der Waals surface area contributed by atoms with E-state index in [-0.39, 0.29) is 11.7 Å². The first-order chi connectivity index (χ1) is 6.56. The number of carbonyl (C=O) groups excluding carboxylic acids is 1. The maximum atomic E-state index is 11.4. The average Bonchev–Trinajstić information content (AvgIpc) is 2.48. The van der Waals surface area contributed by atoms with Crippen molar-refractivity contribution in [3.8, 4) is 0 Å². The van der Waals surface area contributed by atoms with Crippen LogP contribution in [0.15, 0.2) is 4.42 Å². The molecule has 0 saturated carbocycles. The quantitative estimate of drug-likeness (QED) is 0.697. The third-order valence-corrected chi connectivity index (χ3v) is 1.77. The van der Waals surface area contributed by atoms with Gasteiger partial charge in [0.05, 0.1) is 12.3 Å². The van der Waals surface area contributed by atoms with E-state index in [0.29, 0.717) is 18.2 Å². The molecule has 1 aromatic rings. The Morgan fingerprint density at radius 3 is 2.71 bits per heavy atom. The molecule has 0 radical (unpaired) electrons. The maximum absolute atomic E-state index is 11.4. The van der Waals surface area contributed by atoms with E-state index in [1.54, 1.807) is 13.8 Å². The van der Waals surface area contributed by atoms with Crippen molar-refractivity contribution in [3.05, 3.63) is 17.3 Å². The van der Waals surface area contributed by atoms with Crippen molar-refractivity contribution in [3.63, 3.8) is 0 Å². The van der Waals surface area contributed by atoms with E-state index in [1.807, 2.05) is 13.8 Å². The number of esters is 1. The zero-order chi connectivity index (χ0) is 10.7. The smallest absolute Gasteiger partial charge is 0.376 e. The fourth-order valence-corrected chi connectivity index (χ4v) is 1.18. The van der Waals surface area contributed by atoms with E-state index >= 15 is 0 Å². The van der Waals surface area contributed by atoms with Crippen LogP contribution in [0.5, 0.6) is 0 Å². The average molecular weight is 197 g/mol. The molecule has 0 saturated heterocycles. The molecule has 4 heteroatoms. The van der Waals surface area contributed by atoms with Gasteiger partial charge < -0.3 is 9.15 Å². The first-order valence-corrected chi connectivity index (χ1v) is 4.70. The van der Waals surface area contributed by atoms with Crippen LogP contribution in [-0.2, 0) is 4.74 Å². The highest BCUT2D eigenvalue weighted by atomic mass is 16.5. The molecule has 0 aliphatic heterocycles. The number of oxazole rings is 1. The van der Waals surface area contributed by atoms with Gasteiger partial charge in [-0.2, -0.15) is 0 Å². The summed E-state index contributed by atoms with van der Waals surface area (Å²) in [5.74, 6) is 0.458. The second kappa shape index (κ2) is 4.26. The molecule has 0 unspecified atom stereocenters. The second-order valence-corrected chi connectivity index (χ2v) is 3.32. The summed E-state index contributed by atoms with van der Waals surface area (Å²) in [6.45, 7) is 7.74. The van der Waals surface area contributed by atoms with E-state index in [9.17, 15) is 4.79 Å². The fraction of sp³-hybridized carbons (Fsp3) is 0.600. The molecule has 0 spiro atoms. The summed E-state index contributed by atoms with van der Waals surface area (Å²) in [5, 5.41) is 0. The number of hydrogen-bond donors (Lipinski definition) is 0. The van der Waals surface area contributed by atoms with Crippen LogP contribution in [0.3, 0.4) is 0 Å². The van der Waals surface area contributed by atoms with Crippen molar-refractivity contribution >= 4 is 5.97 Å². The highest BCUT2D eigenvalue weighted by Crippen LogP contribution is 2.20. The van der Waals surface area contributed by atoms with E-state index in [4.69, 9.17) is 9.15 Å². The standard InChI is InChI=1S/C10H15NO3/c1-5-13-10(12)9-8(6(2)3)11-7(4)14-9/h6H,5H2,1-4H3. The minimum absolute atomic E-state index is 0.159. The van der Waals surface area contributed by atoms with Crippen molar-refractivity contribution in [2.75, 3.05) is 6.61 Å². The monoisotopic (exact) mass is 197 g/mol. The molecule has 1 rings (SSSR count). The number of nitrogens with zero attached hydrogens (tertiary/aromatic N) is 1. The van der Waals surface area contributed by atoms with Gasteiger partial charge in [0, 0.05) is 6.92 Å². The molecule has 1 aromatic heterocycles. The predicted octanol–water partition coefficient (Wildman–Crippen LogP) is 2.28. The Balaban J connectivity index is 3.00. The molecule has 0 fully saturated rings. The van der Waals surface area contributed by atoms with Crippen molar-refractivity contribution in [1.82, 2.24) is 4.98 Å². The summed E-state index contributed by atoms with van der Waals surface area (Å²) in [5.41, 5.74) is 0.668. The highest BCUT2D eigenvalue weighted by molar-refractivity contribution is 5.87. The van der Waals surface area contributed by atoms with Crippen LogP contribution in [0.1, 0.15) is 48.8 Å². The number of ether oxygens (including phenoxy) is 1. The Labute approximate surface area is 83.3 Å². The van der Waals surface area contributed by atoms with Crippen LogP contribution in [0.25, 0.3) is 0 Å². The van der Waals surface area contributed by atoms with Gasteiger partial charge in [0.25, 0.3) is 0 Å². The van der Waals surface area contributed by atoms with Crippen LogP contribution >= 0.6 is 0 Å². The van der Waals surface area contributed by atoms with Gasteiger partial charge in [-0.3, -0.25) is 0 Å². The van der Waals surface area contributed by atoms with Crippen molar-refractivity contribution in [2.24, 2.45) is 0 Å². The van der Waals surface area contributed by atoms with Gasteiger partial charge in [-0.15, -0.1) is 0 Å². The van der Waals surface area contributed by atoms with Gasteiger partial charge >= 0.3 is 5.97 Å². The lowest BCUT2D eigenvalue weighted by atomic mass is 10.1. The summed E-state index contributed by atoms with van der Waals surface area (Å²) in [4.78, 5) is 15.6. The molecule has 0 aromatic carbocycles. The van der Waals surface area contributed by atoms with Crippen molar-refractivity contribution in [2.45, 2.75) is 33.6 Å². The lowest BCUT2D eigenvalue weighted by Gasteiger charge is -2.02. The molecule has 0 aliphatic carbocycles. The van der Waals surface area contributed by atoms with Crippen molar-refractivity contribution < 1.29 is 13.9 Å². The molecular weight excluding hydrogens is 182 g/mol. The fourth-order valence-electron chi connectivity index (χ4n) is 1.18. The normalized spacial score (nSPS) is 10.6. The van der Waals surface area contributed by atoms with Gasteiger partial charge in [-0.25, -0.2) is 9.78 Å². The third-order valence-electron chi connectivity index (χ3n) is 1.77. The molecule has 1 heterocycles. The summed E-state index contributed by atoms with van der Waals surface area (Å²) >= 11 is 0. The number of rotatable bonds is 3. The zero-order valence-corrected chi connectivity index (χ0v) is 8.96. The first kappa shape index (κ1) is 10.8. The molecule has 0 atom stereocenters. The zero-order valence-electron chi connectivity index (χ0n) is 8.96. The molecule has 0 N–H and O–H groups in total. The number of aromatic nitrogens is 1. The third kappa shape index (κ3) is 2.13. The number of carbonyl (C=O) groups is 1. The van der Waals surface area contributed by atoms with Gasteiger partial charge in [0.1, 0.15) is 0 Å². The van der Waals surface area contributed by atoms with Crippen LogP contribution in [0.2, 0.25) is 0 Å². The molecule has 78 valence electrons. The van der Waals surface area contributed by atoms with E-state index in [1.165, 1.54) is 0 Å². The summed E-state index contributed by atoms with van der Waals surface area (Å²) in [7, 11) is 0. The van der Waals surface area contributed by atoms with Gasteiger partial charge in [0.2, 0.25) is 5.76 Å². The topological polar surface area (TPSA) is 52.3 Å². The summed E-state index contributed by atoms with van der Waals surface area (Å²) < 4.78 is 10.1. The van der Waals surface area contributed by atoms with E-state index in [2.05, 4.69) is 4.98 Å². The Bertz CT molecular complexity index is 328. The summed E-state index contributed by atoms with van der Waals surface area (Å²) in [6.07, 6.45) is 0. The van der Waals surface area contributed by atoms with Gasteiger partial charge in [0.15, 0.2) is 5.89 Å². The Kier molecular flexibility index (Phi) is 3.28. The maximum Gasteiger partial charge on any atom is 0.376 e. The number of hydrogen-bond acceptors (Lipinski definition) is 4.